The van der Waals surface area contributed by atoms with E-state index >= 15 is 0 Å². The number of hydrogen-bond donors (Lipinski definition) is 0. The Kier molecular flexibility index (Phi) is 2.92. The molecule has 0 fully saturated rings. The molecule has 1 heterocycles. The third-order valence-electron chi connectivity index (χ3n) is 2.00. The van der Waals surface area contributed by atoms with Gasteiger partial charge in [0.2, 0.25) is 5.78 Å². The number of halogens is 1. The number of rotatable bonds is 2. The summed E-state index contributed by atoms with van der Waals surface area (Å²) in [5.41, 5.74) is 1.12. The van der Waals surface area contributed by atoms with Crippen molar-refractivity contribution in [1.82, 2.24) is 4.98 Å². The van der Waals surface area contributed by atoms with Gasteiger partial charge in [-0.15, -0.1) is 0 Å². The standard InChI is InChI=1S/C12H8BrNO/c13-10-6-4-9(5-7-10)12(15)11-3-1-2-8-14-11/h1-8H. The van der Waals surface area contributed by atoms with Crippen LogP contribution in [0.1, 0.15) is 16.1 Å². The van der Waals surface area contributed by atoms with Crippen molar-refractivity contribution in [1.29, 1.82) is 0 Å². The van der Waals surface area contributed by atoms with E-state index < -0.39 is 0 Å². The maximum absolute atomic E-state index is 11.9. The number of pyridine rings is 1. The van der Waals surface area contributed by atoms with E-state index in [1.807, 2.05) is 12.1 Å². The normalized spacial score (nSPS) is 9.93. The highest BCUT2D eigenvalue weighted by Crippen LogP contribution is 2.13. The number of carbonyl (C=O) groups excluding carboxylic acids is 1. The first-order valence-corrected chi connectivity index (χ1v) is 5.28. The second-order valence-corrected chi connectivity index (χ2v) is 3.97. The topological polar surface area (TPSA) is 30.0 Å². The molecule has 3 heteroatoms. The van der Waals surface area contributed by atoms with Crippen LogP contribution in [0.5, 0.6) is 0 Å². The van der Waals surface area contributed by atoms with E-state index in [0.29, 0.717) is 11.3 Å². The summed E-state index contributed by atoms with van der Waals surface area (Å²) in [6.07, 6.45) is 1.62. The van der Waals surface area contributed by atoms with Crippen molar-refractivity contribution in [3.05, 3.63) is 64.4 Å². The molecule has 0 aliphatic heterocycles. The van der Waals surface area contributed by atoms with Gasteiger partial charge in [-0.1, -0.05) is 22.0 Å². The lowest BCUT2D eigenvalue weighted by atomic mass is 10.1. The second kappa shape index (κ2) is 4.36. The zero-order valence-electron chi connectivity index (χ0n) is 7.85. The maximum Gasteiger partial charge on any atom is 0.211 e. The molecule has 0 saturated heterocycles. The van der Waals surface area contributed by atoms with Crippen LogP contribution in [0.4, 0.5) is 0 Å². The van der Waals surface area contributed by atoms with E-state index in [1.165, 1.54) is 0 Å². The fraction of sp³-hybridized carbons (Fsp3) is 0. The molecule has 0 radical (unpaired) electrons. The Morgan fingerprint density at radius 1 is 1.07 bits per heavy atom. The summed E-state index contributed by atoms with van der Waals surface area (Å²) in [5, 5.41) is 0. The number of benzene rings is 1. The van der Waals surface area contributed by atoms with Crippen LogP contribution >= 0.6 is 15.9 Å². The Bertz CT molecular complexity index is 465. The van der Waals surface area contributed by atoms with Gasteiger partial charge in [0.15, 0.2) is 0 Å². The molecule has 0 N–H and O–H groups in total. The summed E-state index contributed by atoms with van der Waals surface area (Å²) in [5.74, 6) is -0.0527. The Balaban J connectivity index is 2.33. The zero-order chi connectivity index (χ0) is 10.7. The molecule has 15 heavy (non-hydrogen) atoms. The number of ketones is 1. The molecule has 0 aliphatic carbocycles. The smallest absolute Gasteiger partial charge is 0.211 e. The summed E-state index contributed by atoms with van der Waals surface area (Å²) in [4.78, 5) is 15.9. The molecule has 1 aromatic heterocycles. The van der Waals surface area contributed by atoms with Crippen molar-refractivity contribution in [2.45, 2.75) is 0 Å². The highest BCUT2D eigenvalue weighted by molar-refractivity contribution is 9.10. The molecule has 0 unspecified atom stereocenters. The van der Waals surface area contributed by atoms with Gasteiger partial charge in [0, 0.05) is 16.2 Å². The number of hydrogen-bond acceptors (Lipinski definition) is 2. The van der Waals surface area contributed by atoms with Crippen LogP contribution in [0.2, 0.25) is 0 Å². The molecule has 0 saturated carbocycles. The fourth-order valence-corrected chi connectivity index (χ4v) is 1.51. The van der Waals surface area contributed by atoms with Gasteiger partial charge in [-0.2, -0.15) is 0 Å². The summed E-state index contributed by atoms with van der Waals surface area (Å²) in [7, 11) is 0. The summed E-state index contributed by atoms with van der Waals surface area (Å²) >= 11 is 3.32. The molecule has 2 nitrogen and oxygen atoms in total. The van der Waals surface area contributed by atoms with Crippen molar-refractivity contribution < 1.29 is 4.79 Å². The van der Waals surface area contributed by atoms with Crippen LogP contribution in [0.3, 0.4) is 0 Å². The van der Waals surface area contributed by atoms with Gasteiger partial charge in [-0.05, 0) is 36.4 Å². The molecular formula is C12H8BrNO. The molecule has 0 aliphatic rings. The predicted octanol–water partition coefficient (Wildman–Crippen LogP) is 3.08. The van der Waals surface area contributed by atoms with Gasteiger partial charge in [-0.25, -0.2) is 0 Å². The highest BCUT2D eigenvalue weighted by atomic mass is 79.9. The molecule has 2 aromatic rings. The number of nitrogens with zero attached hydrogens (tertiary/aromatic N) is 1. The summed E-state index contributed by atoms with van der Waals surface area (Å²) in [6.45, 7) is 0. The first kappa shape index (κ1) is 10.1. The Hall–Kier alpha value is -1.48. The Morgan fingerprint density at radius 2 is 1.80 bits per heavy atom. The first-order chi connectivity index (χ1) is 7.27. The highest BCUT2D eigenvalue weighted by Gasteiger charge is 2.08. The van der Waals surface area contributed by atoms with Crippen molar-refractivity contribution in [3.63, 3.8) is 0 Å². The fourth-order valence-electron chi connectivity index (χ4n) is 1.25. The average molecular weight is 262 g/mol. The van der Waals surface area contributed by atoms with Crippen LogP contribution < -0.4 is 0 Å². The van der Waals surface area contributed by atoms with Gasteiger partial charge in [0.1, 0.15) is 5.69 Å². The molecule has 0 spiro atoms. The van der Waals surface area contributed by atoms with E-state index in [9.17, 15) is 4.79 Å². The van der Waals surface area contributed by atoms with E-state index in [1.54, 1.807) is 36.5 Å². The molecule has 0 amide bonds. The monoisotopic (exact) mass is 261 g/mol. The van der Waals surface area contributed by atoms with Crippen LogP contribution in [-0.2, 0) is 0 Å². The van der Waals surface area contributed by atoms with Gasteiger partial charge >= 0.3 is 0 Å². The molecule has 74 valence electrons. The summed E-state index contributed by atoms with van der Waals surface area (Å²) < 4.78 is 0.958. The number of aromatic nitrogens is 1. The molecule has 1 aromatic carbocycles. The zero-order valence-corrected chi connectivity index (χ0v) is 9.44. The molecule has 0 atom stereocenters. The van der Waals surface area contributed by atoms with E-state index in [2.05, 4.69) is 20.9 Å². The van der Waals surface area contributed by atoms with Gasteiger partial charge in [0.05, 0.1) is 0 Å². The summed E-state index contributed by atoms with van der Waals surface area (Å²) in [6, 6.07) is 12.6. The van der Waals surface area contributed by atoms with E-state index in [4.69, 9.17) is 0 Å². The van der Waals surface area contributed by atoms with Crippen LogP contribution in [0, 0.1) is 0 Å². The van der Waals surface area contributed by atoms with Crippen LogP contribution in [0.15, 0.2) is 53.1 Å². The molecule has 2 rings (SSSR count). The third-order valence-corrected chi connectivity index (χ3v) is 2.53. The lowest BCUT2D eigenvalue weighted by Crippen LogP contribution is -2.02. The average Bonchev–Trinajstić information content (AvgIpc) is 2.30. The van der Waals surface area contributed by atoms with Crippen LogP contribution in [-0.4, -0.2) is 10.8 Å². The second-order valence-electron chi connectivity index (χ2n) is 3.05. The Morgan fingerprint density at radius 3 is 2.40 bits per heavy atom. The van der Waals surface area contributed by atoms with Gasteiger partial charge in [0.25, 0.3) is 0 Å². The molecule has 0 bridgehead atoms. The predicted molar refractivity (Wildman–Crippen MR) is 61.8 cm³/mol. The lowest BCUT2D eigenvalue weighted by molar-refractivity contribution is 0.103. The minimum Gasteiger partial charge on any atom is -0.287 e. The van der Waals surface area contributed by atoms with Crippen molar-refractivity contribution in [3.8, 4) is 0 Å². The van der Waals surface area contributed by atoms with Gasteiger partial charge in [-0.3, -0.25) is 9.78 Å². The van der Waals surface area contributed by atoms with Gasteiger partial charge < -0.3 is 0 Å². The minimum absolute atomic E-state index is 0.0527. The number of carbonyl (C=O) groups is 1. The van der Waals surface area contributed by atoms with Crippen molar-refractivity contribution in [2.75, 3.05) is 0 Å². The first-order valence-electron chi connectivity index (χ1n) is 4.48. The van der Waals surface area contributed by atoms with Crippen molar-refractivity contribution >= 4 is 21.7 Å². The SMILES string of the molecule is O=C(c1ccc(Br)cc1)c1ccccn1. The maximum atomic E-state index is 11.9. The minimum atomic E-state index is -0.0527. The molecular weight excluding hydrogens is 254 g/mol. The van der Waals surface area contributed by atoms with Crippen molar-refractivity contribution in [2.24, 2.45) is 0 Å². The third kappa shape index (κ3) is 2.30. The largest absolute Gasteiger partial charge is 0.287 e. The quantitative estimate of drug-likeness (QED) is 0.778. The van der Waals surface area contributed by atoms with Crippen LogP contribution in [0.25, 0.3) is 0 Å². The lowest BCUT2D eigenvalue weighted by Gasteiger charge is -1.99. The van der Waals surface area contributed by atoms with E-state index in [0.717, 1.165) is 4.47 Å². The van der Waals surface area contributed by atoms with E-state index in [-0.39, 0.29) is 5.78 Å². The Labute approximate surface area is 96.1 Å².